The van der Waals surface area contributed by atoms with Crippen molar-refractivity contribution in [1.29, 1.82) is 0 Å². The van der Waals surface area contributed by atoms with Crippen molar-refractivity contribution in [1.82, 2.24) is 10.6 Å². The highest BCUT2D eigenvalue weighted by molar-refractivity contribution is 7.99. The summed E-state index contributed by atoms with van der Waals surface area (Å²) in [7, 11) is 0. The molecule has 0 spiro atoms. The number of nitrogens with one attached hydrogen (secondary N) is 2. The normalized spacial score (nSPS) is 20.6. The van der Waals surface area contributed by atoms with Crippen LogP contribution in [-0.4, -0.2) is 41.3 Å². The van der Waals surface area contributed by atoms with Gasteiger partial charge in [0.05, 0.1) is 18.7 Å². The zero-order chi connectivity index (χ0) is 12.8. The number of aliphatic hydroxyl groups excluding tert-OH is 1. The van der Waals surface area contributed by atoms with Crippen LogP contribution in [0, 0.1) is 0 Å². The lowest BCUT2D eigenvalue weighted by molar-refractivity contribution is -0.123. The van der Waals surface area contributed by atoms with Gasteiger partial charge in [-0.2, -0.15) is 0 Å². The van der Waals surface area contributed by atoms with Crippen molar-refractivity contribution in [3.8, 4) is 0 Å². The Bertz CT molecular complexity index is 380. The molecule has 2 atom stereocenters. The van der Waals surface area contributed by atoms with Gasteiger partial charge in [0.2, 0.25) is 5.91 Å². The molecule has 3 N–H and O–H groups in total. The Hall–Kier alpha value is -1.04. The van der Waals surface area contributed by atoms with Crippen LogP contribution >= 0.6 is 11.8 Å². The van der Waals surface area contributed by atoms with Crippen molar-refractivity contribution >= 4 is 17.7 Å². The number of hydrogen-bond donors (Lipinski definition) is 3. The van der Waals surface area contributed by atoms with E-state index < -0.39 is 0 Å². The first kappa shape index (κ1) is 13.4. The third-order valence-corrected chi connectivity index (χ3v) is 3.86. The van der Waals surface area contributed by atoms with E-state index in [-0.39, 0.29) is 24.6 Å². The molecule has 1 aliphatic rings. The smallest absolute Gasteiger partial charge is 0.238 e. The maximum atomic E-state index is 11.9. The predicted molar refractivity (Wildman–Crippen MR) is 73.4 cm³/mol. The predicted octanol–water partition coefficient (Wildman–Crippen LogP) is 0.369. The molecule has 1 aliphatic heterocycles. The number of rotatable bonds is 5. The van der Waals surface area contributed by atoms with Crippen LogP contribution in [0.2, 0.25) is 0 Å². The van der Waals surface area contributed by atoms with E-state index >= 15 is 0 Å². The first-order chi connectivity index (χ1) is 8.79. The number of amides is 1. The Labute approximate surface area is 111 Å². The summed E-state index contributed by atoms with van der Waals surface area (Å²) in [6, 6.07) is 9.53. The molecule has 98 valence electrons. The number of carbonyl (C=O) groups excluding carboxylic acids is 1. The molecule has 1 aromatic carbocycles. The molecule has 1 fully saturated rings. The number of hydrogen-bond acceptors (Lipinski definition) is 4. The van der Waals surface area contributed by atoms with Crippen molar-refractivity contribution < 1.29 is 9.90 Å². The van der Waals surface area contributed by atoms with Gasteiger partial charge < -0.3 is 10.4 Å². The monoisotopic (exact) mass is 266 g/mol. The largest absolute Gasteiger partial charge is 0.394 e. The molecule has 1 amide bonds. The molecule has 0 saturated carbocycles. The van der Waals surface area contributed by atoms with E-state index in [1.165, 1.54) is 0 Å². The van der Waals surface area contributed by atoms with E-state index in [1.807, 2.05) is 30.3 Å². The van der Waals surface area contributed by atoms with Gasteiger partial charge in [0.15, 0.2) is 0 Å². The molecule has 1 saturated heterocycles. The number of benzene rings is 1. The van der Waals surface area contributed by atoms with Crippen LogP contribution in [-0.2, 0) is 11.2 Å². The Morgan fingerprint density at radius 2 is 2.28 bits per heavy atom. The molecule has 0 aromatic heterocycles. The van der Waals surface area contributed by atoms with Gasteiger partial charge in [0, 0.05) is 11.6 Å². The van der Waals surface area contributed by atoms with E-state index in [9.17, 15) is 9.90 Å². The summed E-state index contributed by atoms with van der Waals surface area (Å²) < 4.78 is 0. The van der Waals surface area contributed by atoms with Gasteiger partial charge in [-0.25, -0.2) is 0 Å². The van der Waals surface area contributed by atoms with Gasteiger partial charge in [0.25, 0.3) is 0 Å². The first-order valence-corrected chi connectivity index (χ1v) is 7.21. The van der Waals surface area contributed by atoms with Crippen LogP contribution in [0.1, 0.15) is 5.56 Å². The zero-order valence-electron chi connectivity index (χ0n) is 10.1. The molecule has 2 rings (SSSR count). The van der Waals surface area contributed by atoms with Crippen LogP contribution in [0.25, 0.3) is 0 Å². The fourth-order valence-electron chi connectivity index (χ4n) is 1.93. The lowest BCUT2D eigenvalue weighted by Crippen LogP contribution is -2.48. The number of carbonyl (C=O) groups is 1. The Morgan fingerprint density at radius 3 is 2.89 bits per heavy atom. The molecule has 0 bridgehead atoms. The third-order valence-electron chi connectivity index (χ3n) is 2.92. The zero-order valence-corrected chi connectivity index (χ0v) is 11.0. The SMILES string of the molecule is O=C(N[C@H](CO)Cc1ccccc1)[C@@H]1CSCN1. The Balaban J connectivity index is 1.87. The first-order valence-electron chi connectivity index (χ1n) is 6.06. The van der Waals surface area contributed by atoms with Crippen LogP contribution in [0.15, 0.2) is 30.3 Å². The highest BCUT2D eigenvalue weighted by Gasteiger charge is 2.24. The molecule has 0 aliphatic carbocycles. The average Bonchev–Trinajstić information content (AvgIpc) is 2.93. The van der Waals surface area contributed by atoms with E-state index in [0.29, 0.717) is 6.42 Å². The van der Waals surface area contributed by atoms with Crippen LogP contribution in [0.5, 0.6) is 0 Å². The highest BCUT2D eigenvalue weighted by Crippen LogP contribution is 2.10. The van der Waals surface area contributed by atoms with Crippen molar-refractivity contribution in [3.63, 3.8) is 0 Å². The van der Waals surface area contributed by atoms with Crippen LogP contribution in [0.4, 0.5) is 0 Å². The fourth-order valence-corrected chi connectivity index (χ4v) is 2.87. The summed E-state index contributed by atoms with van der Waals surface area (Å²) in [4.78, 5) is 11.9. The van der Waals surface area contributed by atoms with E-state index in [0.717, 1.165) is 17.2 Å². The molecule has 5 heteroatoms. The van der Waals surface area contributed by atoms with Gasteiger partial charge in [-0.05, 0) is 12.0 Å². The molecule has 0 unspecified atom stereocenters. The highest BCUT2D eigenvalue weighted by atomic mass is 32.2. The van der Waals surface area contributed by atoms with Crippen molar-refractivity contribution in [2.45, 2.75) is 18.5 Å². The maximum Gasteiger partial charge on any atom is 0.238 e. The molecule has 1 heterocycles. The summed E-state index contributed by atoms with van der Waals surface area (Å²) in [5, 5.41) is 15.4. The van der Waals surface area contributed by atoms with Crippen molar-refractivity contribution in [2.24, 2.45) is 0 Å². The van der Waals surface area contributed by atoms with Gasteiger partial charge in [-0.1, -0.05) is 30.3 Å². The summed E-state index contributed by atoms with van der Waals surface area (Å²) in [6.45, 7) is -0.0412. The lowest BCUT2D eigenvalue weighted by atomic mass is 10.1. The van der Waals surface area contributed by atoms with Gasteiger partial charge in [-0.3, -0.25) is 10.1 Å². The summed E-state index contributed by atoms with van der Waals surface area (Å²) in [5.74, 6) is 1.60. The van der Waals surface area contributed by atoms with Crippen LogP contribution < -0.4 is 10.6 Å². The average molecular weight is 266 g/mol. The van der Waals surface area contributed by atoms with Crippen molar-refractivity contribution in [2.75, 3.05) is 18.2 Å². The lowest BCUT2D eigenvalue weighted by Gasteiger charge is -2.18. The molecular weight excluding hydrogens is 248 g/mol. The van der Waals surface area contributed by atoms with E-state index in [1.54, 1.807) is 11.8 Å². The summed E-state index contributed by atoms with van der Waals surface area (Å²) >= 11 is 1.71. The second-order valence-electron chi connectivity index (χ2n) is 4.35. The third kappa shape index (κ3) is 3.73. The minimum Gasteiger partial charge on any atom is -0.394 e. The summed E-state index contributed by atoms with van der Waals surface area (Å²) in [6.07, 6.45) is 0.656. The summed E-state index contributed by atoms with van der Waals surface area (Å²) in [5.41, 5.74) is 1.12. The van der Waals surface area contributed by atoms with E-state index in [4.69, 9.17) is 0 Å². The molecule has 4 nitrogen and oxygen atoms in total. The number of aliphatic hydroxyl groups is 1. The van der Waals surface area contributed by atoms with Crippen LogP contribution in [0.3, 0.4) is 0 Å². The fraction of sp³-hybridized carbons (Fsp3) is 0.462. The Kier molecular flexibility index (Phi) is 5.04. The van der Waals surface area contributed by atoms with E-state index in [2.05, 4.69) is 10.6 Å². The number of thioether (sulfide) groups is 1. The molecule has 1 aromatic rings. The second kappa shape index (κ2) is 6.78. The maximum absolute atomic E-state index is 11.9. The minimum absolute atomic E-state index is 0.0185. The molecule has 0 radical (unpaired) electrons. The van der Waals surface area contributed by atoms with Gasteiger partial charge >= 0.3 is 0 Å². The second-order valence-corrected chi connectivity index (χ2v) is 5.38. The molecule has 18 heavy (non-hydrogen) atoms. The van der Waals surface area contributed by atoms with Gasteiger partial charge in [0.1, 0.15) is 0 Å². The quantitative estimate of drug-likeness (QED) is 0.720. The minimum atomic E-state index is -0.215. The Morgan fingerprint density at radius 1 is 1.50 bits per heavy atom. The van der Waals surface area contributed by atoms with Gasteiger partial charge in [-0.15, -0.1) is 11.8 Å². The van der Waals surface area contributed by atoms with Crippen molar-refractivity contribution in [3.05, 3.63) is 35.9 Å². The standard InChI is InChI=1S/C13H18N2O2S/c16-7-11(6-10-4-2-1-3-5-10)15-13(17)12-8-18-9-14-12/h1-5,11-12,14,16H,6-9H2,(H,15,17)/t11-,12-/m0/s1. The topological polar surface area (TPSA) is 61.4 Å². The molecular formula is C13H18N2O2S.